The van der Waals surface area contributed by atoms with E-state index in [1.54, 1.807) is 29.2 Å². The Kier molecular flexibility index (Phi) is 4.86. The average molecular weight is 360 g/mol. The third-order valence-electron chi connectivity index (χ3n) is 4.95. The molecule has 1 saturated heterocycles. The summed E-state index contributed by atoms with van der Waals surface area (Å²) in [5, 5.41) is 0.612. The van der Waals surface area contributed by atoms with Gasteiger partial charge in [-0.05, 0) is 44.2 Å². The number of amides is 2. The molecule has 1 aliphatic heterocycles. The van der Waals surface area contributed by atoms with Crippen LogP contribution in [0.3, 0.4) is 0 Å². The molecule has 1 fully saturated rings. The van der Waals surface area contributed by atoms with Crippen molar-refractivity contribution in [3.63, 3.8) is 0 Å². The van der Waals surface area contributed by atoms with E-state index in [0.29, 0.717) is 36.8 Å². The molecule has 25 heavy (non-hydrogen) atoms. The summed E-state index contributed by atoms with van der Waals surface area (Å²) < 4.78 is 2.02. The molecule has 0 bridgehead atoms. The van der Waals surface area contributed by atoms with E-state index in [1.807, 2.05) is 36.4 Å². The van der Waals surface area contributed by atoms with Crippen molar-refractivity contribution in [1.29, 1.82) is 0 Å². The minimum atomic E-state index is -0.0181. The van der Waals surface area contributed by atoms with E-state index >= 15 is 0 Å². The second-order valence-corrected chi connectivity index (χ2v) is 6.87. The Morgan fingerprint density at radius 1 is 0.920 bits per heavy atom. The van der Waals surface area contributed by atoms with Gasteiger partial charge in [0, 0.05) is 55.2 Å². The highest BCUT2D eigenvalue weighted by Gasteiger charge is 2.27. The molecule has 0 aliphatic carbocycles. The first-order chi connectivity index (χ1) is 11.9. The van der Waals surface area contributed by atoms with E-state index in [9.17, 15) is 9.59 Å². The molecular weight excluding hydrogens is 338 g/mol. The molecule has 2 aromatic rings. The number of halogens is 1. The van der Waals surface area contributed by atoms with E-state index in [1.165, 1.54) is 0 Å². The van der Waals surface area contributed by atoms with Crippen molar-refractivity contribution in [3.8, 4) is 0 Å². The minimum Gasteiger partial charge on any atom is -0.351 e. The lowest BCUT2D eigenvalue weighted by Gasteiger charge is -2.34. The van der Waals surface area contributed by atoms with Crippen molar-refractivity contribution in [1.82, 2.24) is 14.4 Å². The molecule has 1 aromatic carbocycles. The summed E-state index contributed by atoms with van der Waals surface area (Å²) in [6, 6.07) is 8.84. The Morgan fingerprint density at radius 3 is 1.92 bits per heavy atom. The third-order valence-corrected chi connectivity index (χ3v) is 5.20. The van der Waals surface area contributed by atoms with E-state index in [-0.39, 0.29) is 11.8 Å². The summed E-state index contributed by atoms with van der Waals surface area (Å²) >= 11 is 5.87. The van der Waals surface area contributed by atoms with Crippen LogP contribution in [0.15, 0.2) is 30.3 Å². The number of nitrogens with zero attached hydrogens (tertiary/aromatic N) is 3. The molecule has 0 radical (unpaired) electrons. The Labute approximate surface area is 152 Å². The van der Waals surface area contributed by atoms with Crippen LogP contribution in [0.5, 0.6) is 0 Å². The lowest BCUT2D eigenvalue weighted by Crippen LogP contribution is -2.50. The van der Waals surface area contributed by atoms with Crippen molar-refractivity contribution in [2.75, 3.05) is 26.2 Å². The predicted molar refractivity (Wildman–Crippen MR) is 98.1 cm³/mol. The van der Waals surface area contributed by atoms with Crippen molar-refractivity contribution >= 4 is 23.4 Å². The van der Waals surface area contributed by atoms with E-state index < -0.39 is 0 Å². The number of carbonyl (C=O) groups is 2. The van der Waals surface area contributed by atoms with Crippen molar-refractivity contribution in [3.05, 3.63) is 57.9 Å². The van der Waals surface area contributed by atoms with Gasteiger partial charge in [-0.1, -0.05) is 11.6 Å². The number of aryl methyl sites for hydroxylation is 1. The summed E-state index contributed by atoms with van der Waals surface area (Å²) in [6.07, 6.45) is 0. The number of piperazine rings is 1. The van der Waals surface area contributed by atoms with Gasteiger partial charge in [0.05, 0.1) is 5.56 Å². The molecule has 5 nitrogen and oxygen atoms in total. The summed E-state index contributed by atoms with van der Waals surface area (Å²) in [5.41, 5.74) is 3.41. The second kappa shape index (κ2) is 6.92. The maximum atomic E-state index is 12.8. The number of benzene rings is 1. The first-order valence-electron chi connectivity index (χ1n) is 8.35. The van der Waals surface area contributed by atoms with E-state index in [2.05, 4.69) is 0 Å². The zero-order chi connectivity index (χ0) is 18.1. The van der Waals surface area contributed by atoms with Crippen LogP contribution < -0.4 is 0 Å². The van der Waals surface area contributed by atoms with Crippen molar-refractivity contribution < 1.29 is 9.59 Å². The van der Waals surface area contributed by atoms with Gasteiger partial charge in [0.1, 0.15) is 0 Å². The SMILES string of the molecule is Cc1cc(C(=O)N2CCN(C(=O)c3ccc(Cl)cc3)CC2)c(C)n1C. The van der Waals surface area contributed by atoms with Gasteiger partial charge in [-0.25, -0.2) is 0 Å². The van der Waals surface area contributed by atoms with Crippen molar-refractivity contribution in [2.24, 2.45) is 7.05 Å². The minimum absolute atomic E-state index is 0.0181. The number of aromatic nitrogens is 1. The molecule has 0 spiro atoms. The number of rotatable bonds is 2. The van der Waals surface area contributed by atoms with Crippen LogP contribution in [0.4, 0.5) is 0 Å². The molecule has 6 heteroatoms. The molecular formula is C19H22ClN3O2. The Hall–Kier alpha value is -2.27. The average Bonchev–Trinajstić information content (AvgIpc) is 2.89. The maximum Gasteiger partial charge on any atom is 0.255 e. The van der Waals surface area contributed by atoms with Crippen LogP contribution in [0.2, 0.25) is 5.02 Å². The van der Waals surface area contributed by atoms with E-state index in [0.717, 1.165) is 17.0 Å². The normalized spacial score (nSPS) is 14.7. The van der Waals surface area contributed by atoms with Gasteiger partial charge in [0.15, 0.2) is 0 Å². The summed E-state index contributed by atoms with van der Waals surface area (Å²) in [6.45, 7) is 6.13. The zero-order valence-electron chi connectivity index (χ0n) is 14.8. The van der Waals surface area contributed by atoms with Crippen LogP contribution in [-0.4, -0.2) is 52.4 Å². The number of hydrogen-bond donors (Lipinski definition) is 0. The van der Waals surface area contributed by atoms with Gasteiger partial charge in [0.2, 0.25) is 0 Å². The molecule has 1 aromatic heterocycles. The Morgan fingerprint density at radius 2 is 1.44 bits per heavy atom. The standard InChI is InChI=1S/C19H22ClN3O2/c1-13-12-17(14(2)21(13)3)19(25)23-10-8-22(9-11-23)18(24)15-4-6-16(20)7-5-15/h4-7,12H,8-11H2,1-3H3. The highest BCUT2D eigenvalue weighted by molar-refractivity contribution is 6.30. The molecule has 2 amide bonds. The molecule has 0 atom stereocenters. The summed E-state index contributed by atoms with van der Waals surface area (Å²) in [4.78, 5) is 28.9. The van der Waals surface area contributed by atoms with E-state index in [4.69, 9.17) is 11.6 Å². The predicted octanol–water partition coefficient (Wildman–Crippen LogP) is 2.89. The molecule has 0 unspecified atom stereocenters. The molecule has 1 aliphatic rings. The smallest absolute Gasteiger partial charge is 0.255 e. The quantitative estimate of drug-likeness (QED) is 0.827. The van der Waals surface area contributed by atoms with Gasteiger partial charge in [-0.2, -0.15) is 0 Å². The summed E-state index contributed by atoms with van der Waals surface area (Å²) in [7, 11) is 1.96. The highest BCUT2D eigenvalue weighted by Crippen LogP contribution is 2.18. The maximum absolute atomic E-state index is 12.8. The zero-order valence-corrected chi connectivity index (χ0v) is 15.5. The first-order valence-corrected chi connectivity index (χ1v) is 8.73. The largest absolute Gasteiger partial charge is 0.351 e. The van der Waals surface area contributed by atoms with Crippen LogP contribution in [0, 0.1) is 13.8 Å². The highest BCUT2D eigenvalue weighted by atomic mass is 35.5. The Bertz CT molecular complexity index is 803. The topological polar surface area (TPSA) is 45.6 Å². The molecule has 132 valence electrons. The fourth-order valence-corrected chi connectivity index (χ4v) is 3.26. The first kappa shape index (κ1) is 17.5. The van der Waals surface area contributed by atoms with Crippen LogP contribution >= 0.6 is 11.6 Å². The van der Waals surface area contributed by atoms with Crippen LogP contribution in [-0.2, 0) is 7.05 Å². The molecule has 2 heterocycles. The van der Waals surface area contributed by atoms with Gasteiger partial charge < -0.3 is 14.4 Å². The lowest BCUT2D eigenvalue weighted by atomic mass is 10.1. The lowest BCUT2D eigenvalue weighted by molar-refractivity contribution is 0.0535. The van der Waals surface area contributed by atoms with Crippen molar-refractivity contribution in [2.45, 2.75) is 13.8 Å². The third kappa shape index (κ3) is 3.42. The van der Waals surface area contributed by atoms with Gasteiger partial charge in [0.25, 0.3) is 11.8 Å². The Balaban J connectivity index is 1.65. The van der Waals surface area contributed by atoms with Gasteiger partial charge in [-0.15, -0.1) is 0 Å². The van der Waals surface area contributed by atoms with Crippen LogP contribution in [0.1, 0.15) is 32.1 Å². The van der Waals surface area contributed by atoms with Gasteiger partial charge in [-0.3, -0.25) is 9.59 Å². The fourth-order valence-electron chi connectivity index (χ4n) is 3.13. The molecule has 0 saturated carbocycles. The van der Waals surface area contributed by atoms with Crippen LogP contribution in [0.25, 0.3) is 0 Å². The number of hydrogen-bond acceptors (Lipinski definition) is 2. The number of carbonyl (C=O) groups excluding carboxylic acids is 2. The molecule has 0 N–H and O–H groups in total. The monoisotopic (exact) mass is 359 g/mol. The molecule has 3 rings (SSSR count). The second-order valence-electron chi connectivity index (χ2n) is 6.44. The fraction of sp³-hybridized carbons (Fsp3) is 0.368. The van der Waals surface area contributed by atoms with Gasteiger partial charge >= 0.3 is 0 Å². The summed E-state index contributed by atoms with van der Waals surface area (Å²) in [5.74, 6) is 0.0234.